The van der Waals surface area contributed by atoms with Crippen molar-refractivity contribution in [1.82, 2.24) is 4.90 Å². The van der Waals surface area contributed by atoms with Gasteiger partial charge < -0.3 is 24.4 Å². The van der Waals surface area contributed by atoms with Crippen LogP contribution in [-0.4, -0.2) is 61.7 Å². The highest BCUT2D eigenvalue weighted by Crippen LogP contribution is 2.41. The normalized spacial score (nSPS) is 21.8. The van der Waals surface area contributed by atoms with Crippen LogP contribution >= 0.6 is 0 Å². The summed E-state index contributed by atoms with van der Waals surface area (Å²) in [5.41, 5.74) is 3.19. The summed E-state index contributed by atoms with van der Waals surface area (Å²) in [5.74, 6) is -0.750. The molecule has 0 spiro atoms. The van der Waals surface area contributed by atoms with Crippen LogP contribution in [0.25, 0.3) is 5.76 Å². The molecule has 2 atom stereocenters. The lowest BCUT2D eigenvalue weighted by atomic mass is 9.94. The zero-order valence-corrected chi connectivity index (χ0v) is 20.2. The number of nitrogens with zero attached hydrogens (tertiary/aromatic N) is 2. The fourth-order valence-electron chi connectivity index (χ4n) is 4.65. The van der Waals surface area contributed by atoms with Gasteiger partial charge >= 0.3 is 0 Å². The lowest BCUT2D eigenvalue weighted by molar-refractivity contribution is -0.140. The second-order valence-electron chi connectivity index (χ2n) is 8.99. The van der Waals surface area contributed by atoms with E-state index in [9.17, 15) is 14.7 Å². The molecule has 2 unspecified atom stereocenters. The van der Waals surface area contributed by atoms with Crippen molar-refractivity contribution in [2.45, 2.75) is 38.8 Å². The van der Waals surface area contributed by atoms with Crippen molar-refractivity contribution >= 4 is 23.1 Å². The monoisotopic (exact) mass is 464 g/mol. The van der Waals surface area contributed by atoms with E-state index in [1.165, 1.54) is 0 Å². The average molecular weight is 465 g/mol. The van der Waals surface area contributed by atoms with E-state index < -0.39 is 17.7 Å². The molecule has 1 N–H and O–H groups in total. The predicted molar refractivity (Wildman–Crippen MR) is 131 cm³/mol. The molecule has 0 aromatic heterocycles. The largest absolute Gasteiger partial charge is 0.507 e. The van der Waals surface area contributed by atoms with Gasteiger partial charge in [0, 0.05) is 38.5 Å². The molecule has 2 aromatic carbocycles. The molecular formula is C27H32N2O5. The molecule has 180 valence electrons. The van der Waals surface area contributed by atoms with Gasteiger partial charge in [0.2, 0.25) is 0 Å². The second kappa shape index (κ2) is 9.89. The maximum Gasteiger partial charge on any atom is 0.295 e. The quantitative estimate of drug-likeness (QED) is 0.378. The Morgan fingerprint density at radius 3 is 2.50 bits per heavy atom. The first-order valence-electron chi connectivity index (χ1n) is 11.7. The summed E-state index contributed by atoms with van der Waals surface area (Å²) in [5, 5.41) is 11.3. The van der Waals surface area contributed by atoms with Crippen molar-refractivity contribution in [3.05, 3.63) is 64.7 Å². The van der Waals surface area contributed by atoms with Crippen molar-refractivity contribution in [3.63, 3.8) is 0 Å². The number of Topliss-reactive ketones (excluding diaryl/α,β-unsaturated/α-hetero) is 1. The number of hydrogen-bond donors (Lipinski definition) is 1. The SMILES string of the molecule is CCOc1ccc(/C(O)=C2/C(=O)C(=O)N(CC3CCCO3)C2c2ccc(N(C)C)cc2)cc1C. The molecule has 0 bridgehead atoms. The highest BCUT2D eigenvalue weighted by atomic mass is 16.5. The zero-order valence-electron chi connectivity index (χ0n) is 20.2. The molecule has 0 saturated carbocycles. The summed E-state index contributed by atoms with van der Waals surface area (Å²) in [6.45, 7) is 5.29. The Hall–Kier alpha value is -3.32. The minimum Gasteiger partial charge on any atom is -0.507 e. The first-order valence-corrected chi connectivity index (χ1v) is 11.7. The number of carbonyl (C=O) groups is 2. The van der Waals surface area contributed by atoms with Gasteiger partial charge in [0.05, 0.1) is 24.3 Å². The van der Waals surface area contributed by atoms with Gasteiger partial charge in [-0.1, -0.05) is 12.1 Å². The maximum absolute atomic E-state index is 13.2. The predicted octanol–water partition coefficient (Wildman–Crippen LogP) is 4.06. The molecule has 2 heterocycles. The van der Waals surface area contributed by atoms with Crippen LogP contribution in [0.1, 0.15) is 42.5 Å². The maximum atomic E-state index is 13.2. The molecule has 7 heteroatoms. The second-order valence-corrected chi connectivity index (χ2v) is 8.99. The summed E-state index contributed by atoms with van der Waals surface area (Å²) in [7, 11) is 3.90. The molecule has 2 saturated heterocycles. The number of ether oxygens (including phenoxy) is 2. The van der Waals surface area contributed by atoms with Gasteiger partial charge in [-0.15, -0.1) is 0 Å². The number of aryl methyl sites for hydroxylation is 1. The number of aliphatic hydroxyl groups is 1. The summed E-state index contributed by atoms with van der Waals surface area (Å²) in [6, 6.07) is 12.3. The molecule has 2 aliphatic heterocycles. The van der Waals surface area contributed by atoms with Crippen LogP contribution in [0.3, 0.4) is 0 Å². The van der Waals surface area contributed by atoms with Gasteiger partial charge in [0.1, 0.15) is 11.5 Å². The highest BCUT2D eigenvalue weighted by Gasteiger charge is 2.47. The van der Waals surface area contributed by atoms with E-state index in [-0.39, 0.29) is 17.4 Å². The Morgan fingerprint density at radius 2 is 1.91 bits per heavy atom. The summed E-state index contributed by atoms with van der Waals surface area (Å²) in [6.07, 6.45) is 1.66. The summed E-state index contributed by atoms with van der Waals surface area (Å²) >= 11 is 0. The summed E-state index contributed by atoms with van der Waals surface area (Å²) in [4.78, 5) is 29.9. The molecule has 7 nitrogen and oxygen atoms in total. The molecule has 2 fully saturated rings. The van der Waals surface area contributed by atoms with Crippen LogP contribution in [0.4, 0.5) is 5.69 Å². The number of benzene rings is 2. The van der Waals surface area contributed by atoms with E-state index in [0.717, 1.165) is 29.7 Å². The number of hydrogen-bond acceptors (Lipinski definition) is 6. The molecule has 1 amide bonds. The smallest absolute Gasteiger partial charge is 0.295 e. The van der Waals surface area contributed by atoms with E-state index in [0.29, 0.717) is 31.1 Å². The molecular weight excluding hydrogens is 432 g/mol. The fraction of sp³-hybridized carbons (Fsp3) is 0.407. The Labute approximate surface area is 200 Å². The van der Waals surface area contributed by atoms with Gasteiger partial charge in [-0.25, -0.2) is 0 Å². The molecule has 4 rings (SSSR count). The number of aliphatic hydroxyl groups excluding tert-OH is 1. The Balaban J connectivity index is 1.80. The van der Waals surface area contributed by atoms with Crippen LogP contribution in [0.15, 0.2) is 48.0 Å². The number of anilines is 1. The third kappa shape index (κ3) is 4.53. The van der Waals surface area contributed by atoms with Gasteiger partial charge in [-0.05, 0) is 68.1 Å². The van der Waals surface area contributed by atoms with Crippen molar-refractivity contribution in [3.8, 4) is 5.75 Å². The third-order valence-corrected chi connectivity index (χ3v) is 6.44. The lowest BCUT2D eigenvalue weighted by Gasteiger charge is -2.28. The Bertz CT molecular complexity index is 1100. The average Bonchev–Trinajstić information content (AvgIpc) is 3.42. The van der Waals surface area contributed by atoms with Crippen molar-refractivity contribution in [2.24, 2.45) is 0 Å². The Kier molecular flexibility index (Phi) is 6.93. The van der Waals surface area contributed by atoms with E-state index in [4.69, 9.17) is 9.47 Å². The number of amides is 1. The number of likely N-dealkylation sites (tertiary alicyclic amines) is 1. The van der Waals surface area contributed by atoms with Gasteiger partial charge in [0.15, 0.2) is 0 Å². The van der Waals surface area contributed by atoms with Gasteiger partial charge in [0.25, 0.3) is 11.7 Å². The van der Waals surface area contributed by atoms with Gasteiger partial charge in [-0.3, -0.25) is 9.59 Å². The fourth-order valence-corrected chi connectivity index (χ4v) is 4.65. The van der Waals surface area contributed by atoms with Crippen molar-refractivity contribution in [2.75, 3.05) is 38.8 Å². The van der Waals surface area contributed by atoms with E-state index in [2.05, 4.69) is 0 Å². The van der Waals surface area contributed by atoms with Crippen molar-refractivity contribution in [1.29, 1.82) is 0 Å². The zero-order chi connectivity index (χ0) is 24.4. The number of carbonyl (C=O) groups excluding carboxylic acids is 2. The third-order valence-electron chi connectivity index (χ3n) is 6.44. The van der Waals surface area contributed by atoms with Crippen LogP contribution in [0.5, 0.6) is 5.75 Å². The van der Waals surface area contributed by atoms with E-state index in [1.807, 2.05) is 57.1 Å². The Morgan fingerprint density at radius 1 is 1.18 bits per heavy atom. The molecule has 0 aliphatic carbocycles. The van der Waals surface area contributed by atoms with E-state index in [1.54, 1.807) is 23.1 Å². The topological polar surface area (TPSA) is 79.3 Å². The van der Waals surface area contributed by atoms with Crippen LogP contribution < -0.4 is 9.64 Å². The van der Waals surface area contributed by atoms with Crippen LogP contribution in [-0.2, 0) is 14.3 Å². The minimum absolute atomic E-state index is 0.101. The highest BCUT2D eigenvalue weighted by molar-refractivity contribution is 6.46. The molecule has 2 aromatic rings. The van der Waals surface area contributed by atoms with Crippen LogP contribution in [0.2, 0.25) is 0 Å². The lowest BCUT2D eigenvalue weighted by Crippen LogP contribution is -2.36. The first kappa shape index (κ1) is 23.8. The minimum atomic E-state index is -0.688. The van der Waals surface area contributed by atoms with Crippen LogP contribution in [0, 0.1) is 6.92 Å². The molecule has 2 aliphatic rings. The number of ketones is 1. The molecule has 34 heavy (non-hydrogen) atoms. The van der Waals surface area contributed by atoms with E-state index >= 15 is 0 Å². The first-order chi connectivity index (χ1) is 16.3. The van der Waals surface area contributed by atoms with Gasteiger partial charge in [-0.2, -0.15) is 0 Å². The number of rotatable bonds is 7. The summed E-state index contributed by atoms with van der Waals surface area (Å²) < 4.78 is 11.4. The molecule has 0 radical (unpaired) electrons. The standard InChI is InChI=1S/C27H32N2O5/c1-5-33-22-13-10-19(15-17(22)2)25(30)23-24(18-8-11-20(12-9-18)28(3)4)29(27(32)26(23)31)16-21-7-6-14-34-21/h8-13,15,21,24,30H,5-7,14,16H2,1-4H3/b25-23-. The van der Waals surface area contributed by atoms with Crippen molar-refractivity contribution < 1.29 is 24.2 Å².